The van der Waals surface area contributed by atoms with Gasteiger partial charge < -0.3 is 0 Å². The first kappa shape index (κ1) is 6.53. The molecule has 0 aromatic carbocycles. The molecule has 0 aromatic rings. The molecule has 0 unspecified atom stereocenters. The van der Waals surface area contributed by atoms with E-state index < -0.39 is 0 Å². The predicted octanol–water partition coefficient (Wildman–Crippen LogP) is 1.81. The Morgan fingerprint density at radius 3 is 2.00 bits per heavy atom. The maximum atomic E-state index is 2.31. The van der Waals surface area contributed by atoms with Gasteiger partial charge in [-0.05, 0) is 0 Å². The van der Waals surface area contributed by atoms with Crippen molar-refractivity contribution in [2.45, 2.75) is 24.9 Å². The van der Waals surface area contributed by atoms with Crippen molar-refractivity contribution in [1.29, 1.82) is 0 Å². The molecule has 6 heavy (non-hydrogen) atoms. The summed E-state index contributed by atoms with van der Waals surface area (Å²) in [6, 6.07) is 0. The predicted molar refractivity (Wildman–Crippen MR) is 31.3 cm³/mol. The van der Waals surface area contributed by atoms with Crippen molar-refractivity contribution in [3.63, 3.8) is 0 Å². The molecule has 34 valence electrons. The fraction of sp³-hybridized carbons (Fsp3) is 1.00. The molecular formula is C5H12Al+. The molecule has 0 aliphatic rings. The zero-order valence-electron chi connectivity index (χ0n) is 4.86. The fourth-order valence-corrected chi connectivity index (χ4v) is 1.41. The van der Waals surface area contributed by atoms with Crippen LogP contribution in [0.1, 0.15) is 13.8 Å². The number of hydrogen-bond donors (Lipinski definition) is 0. The van der Waals surface area contributed by atoms with Crippen LogP contribution in [-0.4, -0.2) is 15.2 Å². The zero-order valence-corrected chi connectivity index (χ0v) is 6.02. The van der Waals surface area contributed by atoms with E-state index in [1.54, 1.807) is 0 Å². The third-order valence-corrected chi connectivity index (χ3v) is 2.12. The Balaban J connectivity index is 2.63. The van der Waals surface area contributed by atoms with Crippen LogP contribution in [0, 0.1) is 5.92 Å². The van der Waals surface area contributed by atoms with Crippen molar-refractivity contribution >= 4 is 15.2 Å². The van der Waals surface area contributed by atoms with Gasteiger partial charge in [0, 0.05) is 0 Å². The van der Waals surface area contributed by atoms with E-state index in [0.29, 0.717) is 0 Å². The summed E-state index contributed by atoms with van der Waals surface area (Å²) in [6.07, 6.45) is 0. The topological polar surface area (TPSA) is 0 Å². The zero-order chi connectivity index (χ0) is 4.99. The SMILES string of the molecule is [CH3][Al+][CH2]C(C)C. The van der Waals surface area contributed by atoms with E-state index in [1.807, 2.05) is 0 Å². The third kappa shape index (κ3) is 4.53. The third-order valence-electron chi connectivity index (χ3n) is 0.707. The Kier molecular flexibility index (Phi) is 4.04. The second-order valence-corrected chi connectivity index (χ2v) is 3.33. The number of rotatable bonds is 2. The summed E-state index contributed by atoms with van der Waals surface area (Å²) < 4.78 is 0. The van der Waals surface area contributed by atoms with Gasteiger partial charge in [0.25, 0.3) is 0 Å². The van der Waals surface area contributed by atoms with Crippen LogP contribution in [0.25, 0.3) is 0 Å². The van der Waals surface area contributed by atoms with Crippen LogP contribution in [0.4, 0.5) is 0 Å². The van der Waals surface area contributed by atoms with E-state index in [0.717, 1.165) is 21.1 Å². The standard InChI is InChI=1S/C4H9.CH3.Al/c1-4(2)3;;/h4H,1H2,2-3H3;1H3;/q;;+1. The Hall–Kier alpha value is 0.532. The molecule has 0 amide bonds. The van der Waals surface area contributed by atoms with Gasteiger partial charge in [0.1, 0.15) is 0 Å². The van der Waals surface area contributed by atoms with Crippen molar-refractivity contribution < 1.29 is 0 Å². The monoisotopic (exact) mass is 99.1 g/mol. The van der Waals surface area contributed by atoms with Crippen LogP contribution < -0.4 is 0 Å². The average Bonchev–Trinajstić information content (AvgIpc) is 1.35. The van der Waals surface area contributed by atoms with Crippen LogP contribution in [0.5, 0.6) is 0 Å². The van der Waals surface area contributed by atoms with Gasteiger partial charge in [-0.1, -0.05) is 0 Å². The van der Waals surface area contributed by atoms with Crippen molar-refractivity contribution in [3.8, 4) is 0 Å². The van der Waals surface area contributed by atoms with Crippen molar-refractivity contribution in [2.24, 2.45) is 5.92 Å². The summed E-state index contributed by atoms with van der Waals surface area (Å²) in [5, 5.41) is 1.46. The molecule has 0 bridgehead atoms. The maximum absolute atomic E-state index is 2.31. The molecule has 0 aliphatic carbocycles. The van der Waals surface area contributed by atoms with Gasteiger partial charge in [-0.15, -0.1) is 0 Å². The summed E-state index contributed by atoms with van der Waals surface area (Å²) in [5.74, 6) is 3.24. The Morgan fingerprint density at radius 2 is 2.00 bits per heavy atom. The molecule has 0 N–H and O–H groups in total. The molecule has 0 saturated carbocycles. The minimum absolute atomic E-state index is 0.752. The van der Waals surface area contributed by atoms with Crippen LogP contribution in [0.2, 0.25) is 11.1 Å². The summed E-state index contributed by atoms with van der Waals surface area (Å²) in [4.78, 5) is 0. The Labute approximate surface area is 46.7 Å². The van der Waals surface area contributed by atoms with Gasteiger partial charge >= 0.3 is 46.1 Å². The van der Waals surface area contributed by atoms with Crippen LogP contribution >= 0.6 is 0 Å². The van der Waals surface area contributed by atoms with Crippen LogP contribution in [0.3, 0.4) is 0 Å². The van der Waals surface area contributed by atoms with Crippen molar-refractivity contribution in [2.75, 3.05) is 0 Å². The van der Waals surface area contributed by atoms with E-state index in [9.17, 15) is 0 Å². The number of hydrogen-bond acceptors (Lipinski definition) is 0. The van der Waals surface area contributed by atoms with Gasteiger partial charge in [-0.3, -0.25) is 0 Å². The summed E-state index contributed by atoms with van der Waals surface area (Å²) in [7, 11) is 0. The average molecular weight is 99.1 g/mol. The minimum atomic E-state index is 0.752. The van der Waals surface area contributed by atoms with Crippen molar-refractivity contribution in [1.82, 2.24) is 0 Å². The van der Waals surface area contributed by atoms with Gasteiger partial charge in [0.2, 0.25) is 0 Å². The second kappa shape index (κ2) is 3.71. The first-order chi connectivity index (χ1) is 2.77. The van der Waals surface area contributed by atoms with E-state index in [2.05, 4.69) is 19.6 Å². The first-order valence-electron chi connectivity index (χ1n) is 2.55. The van der Waals surface area contributed by atoms with E-state index in [4.69, 9.17) is 0 Å². The second-order valence-electron chi connectivity index (χ2n) is 2.04. The molecular weight excluding hydrogens is 87.0 g/mol. The van der Waals surface area contributed by atoms with E-state index >= 15 is 0 Å². The first-order valence-corrected chi connectivity index (χ1v) is 4.52. The molecule has 0 saturated heterocycles. The molecule has 0 heterocycles. The van der Waals surface area contributed by atoms with Gasteiger partial charge in [0.05, 0.1) is 0 Å². The molecule has 0 radical (unpaired) electrons. The van der Waals surface area contributed by atoms with Gasteiger partial charge in [-0.2, -0.15) is 0 Å². The van der Waals surface area contributed by atoms with E-state index in [1.165, 1.54) is 5.28 Å². The molecule has 1 heteroatoms. The summed E-state index contributed by atoms with van der Waals surface area (Å²) >= 11 is 0.752. The van der Waals surface area contributed by atoms with Gasteiger partial charge in [0.15, 0.2) is 0 Å². The molecule has 0 spiro atoms. The van der Waals surface area contributed by atoms with Gasteiger partial charge in [-0.25, -0.2) is 0 Å². The van der Waals surface area contributed by atoms with Crippen LogP contribution in [0.15, 0.2) is 0 Å². The quantitative estimate of drug-likeness (QED) is 0.463. The van der Waals surface area contributed by atoms with E-state index in [-0.39, 0.29) is 0 Å². The van der Waals surface area contributed by atoms with Crippen molar-refractivity contribution in [3.05, 3.63) is 0 Å². The summed E-state index contributed by atoms with van der Waals surface area (Å²) in [5.41, 5.74) is 0. The fourth-order valence-electron chi connectivity index (χ4n) is 0.471. The Morgan fingerprint density at radius 1 is 1.50 bits per heavy atom. The molecule has 0 atom stereocenters. The normalized spacial score (nSPS) is 8.67. The van der Waals surface area contributed by atoms with Crippen LogP contribution in [-0.2, 0) is 0 Å². The molecule has 0 nitrogen and oxygen atoms in total. The Bertz CT molecular complexity index is 25.1. The summed E-state index contributed by atoms with van der Waals surface area (Å²) in [6.45, 7) is 4.55. The molecule has 0 fully saturated rings. The molecule has 0 aliphatic heterocycles. The molecule has 0 aromatic heterocycles. The molecule has 0 rings (SSSR count).